The molecule has 8 heteroatoms. The fourth-order valence-corrected chi connectivity index (χ4v) is 4.35. The summed E-state index contributed by atoms with van der Waals surface area (Å²) in [6.07, 6.45) is 1.53. The molecule has 0 radical (unpaired) electrons. The summed E-state index contributed by atoms with van der Waals surface area (Å²) < 4.78 is 32.5. The third-order valence-electron chi connectivity index (χ3n) is 5.30. The van der Waals surface area contributed by atoms with Gasteiger partial charge in [0.05, 0.1) is 11.4 Å². The summed E-state index contributed by atoms with van der Waals surface area (Å²) in [5.74, 6) is -0.724. The van der Waals surface area contributed by atoms with Crippen molar-refractivity contribution in [2.45, 2.75) is 30.7 Å². The molecule has 0 saturated heterocycles. The van der Waals surface area contributed by atoms with E-state index in [4.69, 9.17) is 5.73 Å². The van der Waals surface area contributed by atoms with E-state index in [1.807, 2.05) is 19.9 Å². The number of hydrogen-bond donors (Lipinski definition) is 3. The molecule has 4 N–H and O–H groups in total. The highest BCUT2D eigenvalue weighted by molar-refractivity contribution is 7.86. The molecule has 1 aliphatic heterocycles. The maximum Gasteiger partial charge on any atom is 0.298 e. The SMILES string of the molecule is CC1(C)C2=CC(=O)c3cc(CN)ccc3C2=Nc2cc(S(=O)(=O)O)c(O)cc21. The van der Waals surface area contributed by atoms with Gasteiger partial charge in [-0.3, -0.25) is 9.35 Å². The Kier molecular flexibility index (Phi) is 3.87. The van der Waals surface area contributed by atoms with Gasteiger partial charge in [-0.05, 0) is 41.0 Å². The topological polar surface area (TPSA) is 130 Å². The summed E-state index contributed by atoms with van der Waals surface area (Å²) in [5.41, 5.74) is 9.00. The van der Waals surface area contributed by atoms with Gasteiger partial charge in [-0.1, -0.05) is 26.0 Å². The van der Waals surface area contributed by atoms with Crippen LogP contribution in [0.25, 0.3) is 0 Å². The first kappa shape index (κ1) is 18.5. The fourth-order valence-electron chi connectivity index (χ4n) is 3.77. The van der Waals surface area contributed by atoms with E-state index in [1.165, 1.54) is 12.1 Å². The number of carbonyl (C=O) groups is 1. The van der Waals surface area contributed by atoms with Gasteiger partial charge in [0, 0.05) is 23.1 Å². The van der Waals surface area contributed by atoms with Crippen LogP contribution in [0.2, 0.25) is 0 Å². The fraction of sp³-hybridized carbons (Fsp3) is 0.200. The van der Waals surface area contributed by atoms with Crippen LogP contribution < -0.4 is 5.73 Å². The minimum Gasteiger partial charge on any atom is -0.506 e. The van der Waals surface area contributed by atoms with Gasteiger partial charge >= 0.3 is 0 Å². The number of fused-ring (bicyclic) bond motifs is 4. The molecule has 0 saturated carbocycles. The quantitative estimate of drug-likeness (QED) is 0.667. The van der Waals surface area contributed by atoms with E-state index in [9.17, 15) is 22.9 Å². The number of aromatic hydroxyl groups is 1. The molecule has 2 aromatic rings. The van der Waals surface area contributed by atoms with Crippen molar-refractivity contribution in [3.05, 3.63) is 64.2 Å². The predicted molar refractivity (Wildman–Crippen MR) is 104 cm³/mol. The standard InChI is InChI=1S/C20H18N2O5S/c1-20(2)13-6-17(24)18(28(25,26)27)8-15(13)22-19-11-4-3-10(9-21)5-12(11)16(23)7-14(19)20/h3-8,24H,9,21H2,1-2H3,(H,25,26,27). The van der Waals surface area contributed by atoms with Gasteiger partial charge in [0.15, 0.2) is 5.78 Å². The van der Waals surface area contributed by atoms with Gasteiger partial charge in [-0.15, -0.1) is 0 Å². The molecule has 0 bridgehead atoms. The highest BCUT2D eigenvalue weighted by Gasteiger charge is 2.40. The first-order valence-corrected chi connectivity index (χ1v) is 10.0. The average molecular weight is 398 g/mol. The molecule has 0 atom stereocenters. The number of nitrogens with zero attached hydrogens (tertiary/aromatic N) is 1. The molecule has 2 aliphatic rings. The second-order valence-corrected chi connectivity index (χ2v) is 8.79. The summed E-state index contributed by atoms with van der Waals surface area (Å²) in [4.78, 5) is 16.7. The predicted octanol–water partition coefficient (Wildman–Crippen LogP) is 2.63. The lowest BCUT2D eigenvalue weighted by atomic mass is 9.69. The zero-order valence-corrected chi connectivity index (χ0v) is 16.0. The summed E-state index contributed by atoms with van der Waals surface area (Å²) in [7, 11) is -4.61. The van der Waals surface area contributed by atoms with Crippen molar-refractivity contribution in [1.82, 2.24) is 0 Å². The van der Waals surface area contributed by atoms with Crippen LogP contribution in [0.3, 0.4) is 0 Å². The molecule has 7 nitrogen and oxygen atoms in total. The molecule has 1 aliphatic carbocycles. The number of ketones is 1. The number of benzene rings is 2. The first-order valence-electron chi connectivity index (χ1n) is 8.58. The summed E-state index contributed by atoms with van der Waals surface area (Å²) in [5, 5.41) is 10.1. The Bertz CT molecular complexity index is 1220. The van der Waals surface area contributed by atoms with Crippen LogP contribution in [0, 0.1) is 0 Å². The van der Waals surface area contributed by atoms with Gasteiger partial charge in [-0.25, -0.2) is 4.99 Å². The van der Waals surface area contributed by atoms with Crippen LogP contribution in [0.5, 0.6) is 5.75 Å². The minimum atomic E-state index is -4.61. The van der Waals surface area contributed by atoms with Gasteiger partial charge in [0.25, 0.3) is 10.1 Å². The third kappa shape index (κ3) is 2.61. The van der Waals surface area contributed by atoms with Crippen molar-refractivity contribution in [2.75, 3.05) is 0 Å². The van der Waals surface area contributed by atoms with Crippen LogP contribution in [-0.2, 0) is 22.1 Å². The average Bonchev–Trinajstić information content (AvgIpc) is 2.62. The van der Waals surface area contributed by atoms with Gasteiger partial charge in [0.1, 0.15) is 10.6 Å². The molecule has 144 valence electrons. The highest BCUT2D eigenvalue weighted by Crippen LogP contribution is 2.48. The Morgan fingerprint density at radius 2 is 1.86 bits per heavy atom. The summed E-state index contributed by atoms with van der Waals surface area (Å²) >= 11 is 0. The molecule has 4 rings (SSSR count). The number of nitrogens with two attached hydrogens (primary N) is 1. The van der Waals surface area contributed by atoms with E-state index in [0.717, 1.165) is 11.6 Å². The van der Waals surface area contributed by atoms with Crippen LogP contribution in [-0.4, -0.2) is 29.6 Å². The Morgan fingerprint density at radius 1 is 1.14 bits per heavy atom. The van der Waals surface area contributed by atoms with Gasteiger partial charge < -0.3 is 10.8 Å². The van der Waals surface area contributed by atoms with Crippen LogP contribution in [0.15, 0.2) is 51.9 Å². The number of allylic oxidation sites excluding steroid dienone is 2. The second kappa shape index (κ2) is 5.84. The number of phenolic OH excluding ortho intramolecular Hbond substituents is 1. The van der Waals surface area contributed by atoms with Gasteiger partial charge in [-0.2, -0.15) is 8.42 Å². The maximum absolute atomic E-state index is 12.7. The number of phenols is 1. The van der Waals surface area contributed by atoms with Crippen LogP contribution in [0.4, 0.5) is 5.69 Å². The smallest absolute Gasteiger partial charge is 0.298 e. The van der Waals surface area contributed by atoms with E-state index in [-0.39, 0.29) is 5.78 Å². The highest BCUT2D eigenvalue weighted by atomic mass is 32.2. The molecule has 1 heterocycles. The lowest BCUT2D eigenvalue weighted by molar-refractivity contribution is 0.104. The molecule has 0 spiro atoms. The Hall–Kier alpha value is -2.81. The van der Waals surface area contributed by atoms with Crippen molar-refractivity contribution in [1.29, 1.82) is 0 Å². The molecule has 0 unspecified atom stereocenters. The lowest BCUT2D eigenvalue weighted by Crippen LogP contribution is -2.33. The van der Waals surface area contributed by atoms with E-state index in [0.29, 0.717) is 40.2 Å². The second-order valence-electron chi connectivity index (χ2n) is 7.40. The van der Waals surface area contributed by atoms with E-state index in [1.54, 1.807) is 12.1 Å². The first-order chi connectivity index (χ1) is 13.0. The van der Waals surface area contributed by atoms with Crippen LogP contribution in [0.1, 0.15) is 40.9 Å². The molecular formula is C20H18N2O5S. The molecule has 28 heavy (non-hydrogen) atoms. The van der Waals surface area contributed by atoms with Crippen molar-refractivity contribution < 1.29 is 22.9 Å². The third-order valence-corrected chi connectivity index (χ3v) is 6.19. The lowest BCUT2D eigenvalue weighted by Gasteiger charge is -2.37. The molecular weight excluding hydrogens is 380 g/mol. The van der Waals surface area contributed by atoms with E-state index in [2.05, 4.69) is 4.99 Å². The van der Waals surface area contributed by atoms with E-state index < -0.39 is 26.2 Å². The van der Waals surface area contributed by atoms with Crippen molar-refractivity contribution >= 4 is 27.3 Å². The number of carbonyl (C=O) groups excluding carboxylic acids is 1. The molecule has 2 aromatic carbocycles. The maximum atomic E-state index is 12.7. The Morgan fingerprint density at radius 3 is 2.50 bits per heavy atom. The molecule has 0 amide bonds. The largest absolute Gasteiger partial charge is 0.506 e. The molecule has 0 aromatic heterocycles. The van der Waals surface area contributed by atoms with Crippen molar-refractivity contribution in [3.63, 3.8) is 0 Å². The molecule has 0 fully saturated rings. The zero-order chi connectivity index (χ0) is 20.4. The summed E-state index contributed by atoms with van der Waals surface area (Å²) in [6, 6.07) is 7.76. The Labute approximate surface area is 162 Å². The number of hydrogen-bond acceptors (Lipinski definition) is 6. The number of aliphatic imine (C=N–C) groups is 1. The van der Waals surface area contributed by atoms with Crippen LogP contribution >= 0.6 is 0 Å². The normalized spacial score (nSPS) is 17.2. The van der Waals surface area contributed by atoms with Crippen molar-refractivity contribution in [3.8, 4) is 5.75 Å². The monoisotopic (exact) mass is 398 g/mol. The van der Waals surface area contributed by atoms with Crippen molar-refractivity contribution in [2.24, 2.45) is 10.7 Å². The number of rotatable bonds is 2. The van der Waals surface area contributed by atoms with E-state index >= 15 is 0 Å². The Balaban J connectivity index is 2.04. The summed E-state index contributed by atoms with van der Waals surface area (Å²) in [6.45, 7) is 4.03. The zero-order valence-electron chi connectivity index (χ0n) is 15.2. The van der Waals surface area contributed by atoms with Gasteiger partial charge in [0.2, 0.25) is 0 Å². The minimum absolute atomic E-state index is 0.158.